The lowest BCUT2D eigenvalue weighted by atomic mass is 10.1. The minimum Gasteiger partial charge on any atom is -0.0807 e. The summed E-state index contributed by atoms with van der Waals surface area (Å²) in [5.74, 6) is 0. The van der Waals surface area contributed by atoms with E-state index in [9.17, 15) is 0 Å². The van der Waals surface area contributed by atoms with Crippen molar-refractivity contribution in [1.29, 1.82) is 0 Å². The first-order valence-corrected chi connectivity index (χ1v) is 4.42. The molecule has 12 heavy (non-hydrogen) atoms. The average Bonchev–Trinajstić information content (AvgIpc) is 2.15. The van der Waals surface area contributed by atoms with Gasteiger partial charge in [0.05, 0.1) is 0 Å². The highest BCUT2D eigenvalue weighted by atomic mass is 14.0. The predicted molar refractivity (Wildman–Crippen MR) is 54.7 cm³/mol. The normalized spacial score (nSPS) is 11.7. The lowest BCUT2D eigenvalue weighted by molar-refractivity contribution is 0.960. The molecule has 1 aromatic rings. The van der Waals surface area contributed by atoms with Crippen LogP contribution < -0.4 is 0 Å². The van der Waals surface area contributed by atoms with E-state index in [0.717, 1.165) is 12.0 Å². The lowest BCUT2D eigenvalue weighted by Crippen LogP contribution is -1.77. The van der Waals surface area contributed by atoms with E-state index in [0.29, 0.717) is 0 Å². The van der Waals surface area contributed by atoms with Crippen LogP contribution >= 0.6 is 0 Å². The molecule has 0 saturated heterocycles. The lowest BCUT2D eigenvalue weighted by Gasteiger charge is -1.99. The van der Waals surface area contributed by atoms with E-state index in [1.54, 1.807) is 0 Å². The Morgan fingerprint density at radius 2 is 2.00 bits per heavy atom. The molecular formula is C12H15. The van der Waals surface area contributed by atoms with Gasteiger partial charge in [-0.3, -0.25) is 0 Å². The maximum atomic E-state index is 4.01. The Bertz CT molecular complexity index is 244. The minimum atomic E-state index is 1.12. The molecule has 63 valence electrons. The molecule has 0 N–H and O–H groups in total. The van der Waals surface area contributed by atoms with Crippen molar-refractivity contribution in [2.45, 2.75) is 19.8 Å². The van der Waals surface area contributed by atoms with Gasteiger partial charge >= 0.3 is 0 Å². The summed E-state index contributed by atoms with van der Waals surface area (Å²) >= 11 is 0. The molecule has 0 bridgehead atoms. The highest BCUT2D eigenvalue weighted by molar-refractivity contribution is 5.68. The van der Waals surface area contributed by atoms with Gasteiger partial charge in [0.15, 0.2) is 0 Å². The second-order valence-corrected chi connectivity index (χ2v) is 2.88. The van der Waals surface area contributed by atoms with E-state index in [1.165, 1.54) is 12.0 Å². The molecule has 0 amide bonds. The van der Waals surface area contributed by atoms with E-state index in [-0.39, 0.29) is 0 Å². The van der Waals surface area contributed by atoms with Gasteiger partial charge < -0.3 is 0 Å². The van der Waals surface area contributed by atoms with Crippen LogP contribution in [0.1, 0.15) is 25.3 Å². The third-order valence-electron chi connectivity index (χ3n) is 1.82. The van der Waals surface area contributed by atoms with Gasteiger partial charge in [0.2, 0.25) is 0 Å². The van der Waals surface area contributed by atoms with Gasteiger partial charge in [-0.15, -0.1) is 0 Å². The summed E-state index contributed by atoms with van der Waals surface area (Å²) in [7, 11) is 0. The van der Waals surface area contributed by atoms with Crippen molar-refractivity contribution in [3.63, 3.8) is 0 Å². The molecule has 0 heterocycles. The van der Waals surface area contributed by atoms with Gasteiger partial charge in [0.1, 0.15) is 0 Å². The molecule has 0 aliphatic carbocycles. The molecule has 0 atom stereocenters. The summed E-state index contributed by atoms with van der Waals surface area (Å²) in [6.07, 6.45) is 4.49. The van der Waals surface area contributed by atoms with Gasteiger partial charge in [-0.2, -0.15) is 0 Å². The van der Waals surface area contributed by atoms with Crippen LogP contribution in [-0.4, -0.2) is 0 Å². The van der Waals surface area contributed by atoms with Crippen molar-refractivity contribution in [2.24, 2.45) is 0 Å². The maximum absolute atomic E-state index is 4.01. The Balaban J connectivity index is 2.71. The van der Waals surface area contributed by atoms with Crippen molar-refractivity contribution < 1.29 is 0 Å². The monoisotopic (exact) mass is 159 g/mol. The number of hydrogen-bond donors (Lipinski definition) is 0. The summed E-state index contributed by atoms with van der Waals surface area (Å²) in [5, 5.41) is 0. The molecule has 0 aromatic heterocycles. The first-order valence-electron chi connectivity index (χ1n) is 4.42. The minimum absolute atomic E-state index is 1.12. The van der Waals surface area contributed by atoms with E-state index in [1.807, 2.05) is 18.2 Å². The first-order chi connectivity index (χ1) is 5.84. The van der Waals surface area contributed by atoms with Crippen molar-refractivity contribution >= 4 is 5.57 Å². The van der Waals surface area contributed by atoms with Crippen LogP contribution in [0.25, 0.3) is 5.57 Å². The molecule has 0 spiro atoms. The summed E-state index contributed by atoms with van der Waals surface area (Å²) in [6.45, 7) is 6.18. The molecule has 1 aromatic carbocycles. The first kappa shape index (κ1) is 9.05. The number of unbranched alkanes of at least 4 members (excludes halogenated alkanes) is 1. The number of allylic oxidation sites excluding steroid dienone is 2. The van der Waals surface area contributed by atoms with Crippen LogP contribution in [0.5, 0.6) is 0 Å². The summed E-state index contributed by atoms with van der Waals surface area (Å²) in [5.41, 5.74) is 2.36. The standard InChI is InChI=1S/C12H15/c1-3-4-8-11(2)12-9-6-5-7-10-12/h5-10H,2-4H2,1H3/b11-8-. The third-order valence-corrected chi connectivity index (χ3v) is 1.82. The number of hydrogen-bond acceptors (Lipinski definition) is 0. The topological polar surface area (TPSA) is 0 Å². The average molecular weight is 159 g/mol. The third kappa shape index (κ3) is 2.54. The van der Waals surface area contributed by atoms with E-state index < -0.39 is 0 Å². The van der Waals surface area contributed by atoms with Crippen molar-refractivity contribution in [3.8, 4) is 0 Å². The van der Waals surface area contributed by atoms with E-state index >= 15 is 0 Å². The second kappa shape index (κ2) is 4.76. The molecule has 1 radical (unpaired) electrons. The number of benzene rings is 1. The van der Waals surface area contributed by atoms with Crippen molar-refractivity contribution in [1.82, 2.24) is 0 Å². The molecule has 0 aliphatic rings. The molecule has 0 aliphatic heterocycles. The Morgan fingerprint density at radius 3 is 2.58 bits per heavy atom. The summed E-state index contributed by atoms with van der Waals surface area (Å²) in [6, 6.07) is 10.3. The van der Waals surface area contributed by atoms with Gasteiger partial charge in [0, 0.05) is 0 Å². The van der Waals surface area contributed by atoms with Gasteiger partial charge in [-0.25, -0.2) is 0 Å². The maximum Gasteiger partial charge on any atom is -0.0228 e. The fourth-order valence-electron chi connectivity index (χ4n) is 1.09. The fraction of sp³-hybridized carbons (Fsp3) is 0.250. The Kier molecular flexibility index (Phi) is 3.59. The summed E-state index contributed by atoms with van der Waals surface area (Å²) in [4.78, 5) is 0. The quantitative estimate of drug-likeness (QED) is 0.630. The highest BCUT2D eigenvalue weighted by Gasteiger charge is 1.91. The molecule has 1 rings (SSSR count). The van der Waals surface area contributed by atoms with Crippen molar-refractivity contribution in [3.05, 3.63) is 48.9 Å². The van der Waals surface area contributed by atoms with E-state index in [2.05, 4.69) is 32.1 Å². The molecule has 0 heteroatoms. The van der Waals surface area contributed by atoms with Gasteiger partial charge in [-0.05, 0) is 24.5 Å². The summed E-state index contributed by atoms with van der Waals surface area (Å²) < 4.78 is 0. The van der Waals surface area contributed by atoms with Crippen LogP contribution in [0.3, 0.4) is 0 Å². The van der Waals surface area contributed by atoms with Crippen LogP contribution in [-0.2, 0) is 0 Å². The molecule has 0 nitrogen and oxygen atoms in total. The largest absolute Gasteiger partial charge is 0.0807 e. The predicted octanol–water partition coefficient (Wildman–Crippen LogP) is 3.70. The van der Waals surface area contributed by atoms with Crippen LogP contribution in [0.4, 0.5) is 0 Å². The smallest absolute Gasteiger partial charge is 0.0228 e. The zero-order valence-corrected chi connectivity index (χ0v) is 7.59. The Morgan fingerprint density at radius 1 is 1.33 bits per heavy atom. The Hall–Kier alpha value is -1.04. The molecule has 0 saturated carbocycles. The number of rotatable bonds is 3. The zero-order chi connectivity index (χ0) is 8.81. The highest BCUT2D eigenvalue weighted by Crippen LogP contribution is 2.13. The van der Waals surface area contributed by atoms with E-state index in [4.69, 9.17) is 0 Å². The molecular weight excluding hydrogens is 144 g/mol. The fourth-order valence-corrected chi connectivity index (χ4v) is 1.09. The van der Waals surface area contributed by atoms with Crippen LogP contribution in [0.15, 0.2) is 36.4 Å². The molecule has 0 fully saturated rings. The van der Waals surface area contributed by atoms with Gasteiger partial charge in [-0.1, -0.05) is 49.8 Å². The van der Waals surface area contributed by atoms with Crippen LogP contribution in [0.2, 0.25) is 0 Å². The Labute approximate surface area is 74.9 Å². The van der Waals surface area contributed by atoms with Gasteiger partial charge in [0.25, 0.3) is 0 Å². The molecule has 0 unspecified atom stereocenters. The second-order valence-electron chi connectivity index (χ2n) is 2.88. The SMILES string of the molecule is [CH2]/C(=C/CCC)c1ccccc1. The zero-order valence-electron chi connectivity index (χ0n) is 7.59. The van der Waals surface area contributed by atoms with Crippen molar-refractivity contribution in [2.75, 3.05) is 0 Å². The van der Waals surface area contributed by atoms with Crippen LogP contribution in [0, 0.1) is 6.92 Å².